The number of fused-ring (bicyclic) bond motifs is 1. The van der Waals surface area contributed by atoms with Gasteiger partial charge in [0.2, 0.25) is 0 Å². The van der Waals surface area contributed by atoms with Gasteiger partial charge < -0.3 is 25.2 Å². The number of amides is 1. The zero-order valence-electron chi connectivity index (χ0n) is 10.3. The van der Waals surface area contributed by atoms with E-state index in [2.05, 4.69) is 15.6 Å². The van der Waals surface area contributed by atoms with E-state index in [9.17, 15) is 9.90 Å². The van der Waals surface area contributed by atoms with Crippen molar-refractivity contribution >= 4 is 22.4 Å². The molecule has 0 spiro atoms. The smallest absolute Gasteiger partial charge is 0.271 e. The maximum atomic E-state index is 12.0. The molecule has 3 rings (SSSR count). The van der Waals surface area contributed by atoms with Crippen LogP contribution in [-0.4, -0.2) is 60.6 Å². The van der Waals surface area contributed by atoms with Crippen LogP contribution in [0.25, 0.3) is 0 Å². The summed E-state index contributed by atoms with van der Waals surface area (Å²) in [6.45, 7) is 0.601. The Bertz CT molecular complexity index is 480. The minimum absolute atomic E-state index is 0.241. The van der Waals surface area contributed by atoms with Gasteiger partial charge in [0, 0.05) is 12.4 Å². The summed E-state index contributed by atoms with van der Waals surface area (Å²) in [6, 6.07) is -0.241. The molecule has 1 aromatic rings. The van der Waals surface area contributed by atoms with Crippen molar-refractivity contribution in [1.82, 2.24) is 10.3 Å². The van der Waals surface area contributed by atoms with Crippen LogP contribution in [0.3, 0.4) is 0 Å². The first-order valence-corrected chi connectivity index (χ1v) is 6.92. The number of thiazole rings is 1. The molecule has 104 valence electrons. The maximum absolute atomic E-state index is 12.0. The molecular formula is C11H15N3O4S. The van der Waals surface area contributed by atoms with Crippen molar-refractivity contribution in [2.75, 3.05) is 25.6 Å². The van der Waals surface area contributed by atoms with E-state index in [0.29, 0.717) is 17.4 Å². The van der Waals surface area contributed by atoms with Crippen LogP contribution < -0.4 is 10.6 Å². The number of anilines is 1. The van der Waals surface area contributed by atoms with Gasteiger partial charge in [-0.1, -0.05) is 0 Å². The van der Waals surface area contributed by atoms with Gasteiger partial charge >= 0.3 is 0 Å². The second-order valence-corrected chi connectivity index (χ2v) is 5.39. The molecule has 19 heavy (non-hydrogen) atoms. The van der Waals surface area contributed by atoms with Crippen LogP contribution in [0.1, 0.15) is 10.5 Å². The van der Waals surface area contributed by atoms with Crippen molar-refractivity contribution in [3.05, 3.63) is 11.1 Å². The Morgan fingerprint density at radius 3 is 3.00 bits per heavy atom. The lowest BCUT2D eigenvalue weighted by atomic mass is 10.1. The molecule has 3 N–H and O–H groups in total. The molecule has 1 amide bonds. The van der Waals surface area contributed by atoms with E-state index < -0.39 is 6.10 Å². The second-order valence-electron chi connectivity index (χ2n) is 4.53. The molecular weight excluding hydrogens is 270 g/mol. The van der Waals surface area contributed by atoms with Gasteiger partial charge in [0.05, 0.1) is 19.3 Å². The molecule has 2 saturated heterocycles. The molecule has 2 fully saturated rings. The first-order chi connectivity index (χ1) is 9.19. The Morgan fingerprint density at radius 2 is 2.26 bits per heavy atom. The van der Waals surface area contributed by atoms with Crippen LogP contribution >= 0.6 is 11.3 Å². The number of aliphatic hydroxyl groups excluding tert-OH is 1. The van der Waals surface area contributed by atoms with Gasteiger partial charge in [0.25, 0.3) is 5.91 Å². The third kappa shape index (κ3) is 2.32. The van der Waals surface area contributed by atoms with Crippen molar-refractivity contribution in [2.24, 2.45) is 0 Å². The van der Waals surface area contributed by atoms with E-state index in [1.54, 1.807) is 12.4 Å². The van der Waals surface area contributed by atoms with Crippen LogP contribution in [0.2, 0.25) is 0 Å². The molecule has 7 nitrogen and oxygen atoms in total. The Kier molecular flexibility index (Phi) is 3.40. The normalized spacial score (nSPS) is 33.2. The number of carbonyl (C=O) groups is 1. The predicted molar refractivity (Wildman–Crippen MR) is 68.4 cm³/mol. The summed E-state index contributed by atoms with van der Waals surface area (Å²) < 4.78 is 10.9. The van der Waals surface area contributed by atoms with Crippen LogP contribution in [0.4, 0.5) is 5.13 Å². The average molecular weight is 285 g/mol. The molecule has 8 heteroatoms. The number of ether oxygens (including phenoxy) is 2. The number of nitrogens with one attached hydrogen (secondary N) is 2. The third-order valence-electron chi connectivity index (χ3n) is 3.29. The quantitative estimate of drug-likeness (QED) is 0.689. The summed E-state index contributed by atoms with van der Waals surface area (Å²) in [5.74, 6) is -0.253. The molecule has 2 aliphatic rings. The van der Waals surface area contributed by atoms with Crippen LogP contribution in [-0.2, 0) is 9.47 Å². The van der Waals surface area contributed by atoms with E-state index in [1.165, 1.54) is 11.3 Å². The number of hydrogen-bond donors (Lipinski definition) is 3. The van der Waals surface area contributed by atoms with E-state index in [4.69, 9.17) is 9.47 Å². The minimum Gasteiger partial charge on any atom is -0.388 e. The monoisotopic (exact) mass is 285 g/mol. The molecule has 3 heterocycles. The van der Waals surface area contributed by atoms with Gasteiger partial charge in [-0.3, -0.25) is 4.79 Å². The Hall–Kier alpha value is -1.22. The molecule has 2 aliphatic heterocycles. The summed E-state index contributed by atoms with van der Waals surface area (Å²) in [7, 11) is 1.75. The van der Waals surface area contributed by atoms with Crippen molar-refractivity contribution in [3.63, 3.8) is 0 Å². The zero-order valence-corrected chi connectivity index (χ0v) is 11.1. The van der Waals surface area contributed by atoms with E-state index in [0.717, 1.165) is 0 Å². The van der Waals surface area contributed by atoms with Crippen LogP contribution in [0.5, 0.6) is 0 Å². The minimum atomic E-state index is -0.609. The number of aromatic nitrogens is 1. The average Bonchev–Trinajstić information content (AvgIpc) is 3.09. The number of rotatable bonds is 3. The summed E-state index contributed by atoms with van der Waals surface area (Å²) >= 11 is 1.37. The van der Waals surface area contributed by atoms with Gasteiger partial charge in [-0.2, -0.15) is 0 Å². The predicted octanol–water partition coefficient (Wildman–Crippen LogP) is -0.558. The highest BCUT2D eigenvalue weighted by Crippen LogP contribution is 2.27. The highest BCUT2D eigenvalue weighted by molar-refractivity contribution is 7.13. The van der Waals surface area contributed by atoms with Crippen LogP contribution in [0.15, 0.2) is 5.38 Å². The fourth-order valence-electron chi connectivity index (χ4n) is 2.34. The molecule has 0 aliphatic carbocycles. The maximum Gasteiger partial charge on any atom is 0.271 e. The summed E-state index contributed by atoms with van der Waals surface area (Å²) in [6.07, 6.45) is -1.22. The van der Waals surface area contributed by atoms with Crippen molar-refractivity contribution in [1.29, 1.82) is 0 Å². The van der Waals surface area contributed by atoms with Gasteiger partial charge in [0.15, 0.2) is 5.13 Å². The van der Waals surface area contributed by atoms with Gasteiger partial charge in [-0.15, -0.1) is 11.3 Å². The molecule has 0 unspecified atom stereocenters. The number of nitrogens with zero attached hydrogens (tertiary/aromatic N) is 1. The molecule has 0 aromatic carbocycles. The summed E-state index contributed by atoms with van der Waals surface area (Å²) in [5, 5.41) is 17.7. The lowest BCUT2D eigenvalue weighted by molar-refractivity contribution is 0.0178. The van der Waals surface area contributed by atoms with E-state index in [-0.39, 0.29) is 30.8 Å². The summed E-state index contributed by atoms with van der Waals surface area (Å²) in [4.78, 5) is 16.2. The Morgan fingerprint density at radius 1 is 1.47 bits per heavy atom. The molecule has 0 radical (unpaired) electrons. The van der Waals surface area contributed by atoms with E-state index >= 15 is 0 Å². The molecule has 0 saturated carbocycles. The molecule has 0 bridgehead atoms. The van der Waals surface area contributed by atoms with Gasteiger partial charge in [-0.25, -0.2) is 4.98 Å². The van der Waals surface area contributed by atoms with Crippen LogP contribution in [0, 0.1) is 0 Å². The second kappa shape index (κ2) is 5.04. The lowest BCUT2D eigenvalue weighted by Gasteiger charge is -2.16. The molecule has 1 aromatic heterocycles. The third-order valence-corrected chi connectivity index (χ3v) is 4.15. The largest absolute Gasteiger partial charge is 0.388 e. The van der Waals surface area contributed by atoms with E-state index in [1.807, 2.05) is 0 Å². The first-order valence-electron chi connectivity index (χ1n) is 6.04. The highest BCUT2D eigenvalue weighted by atomic mass is 32.1. The highest BCUT2D eigenvalue weighted by Gasteiger charge is 2.47. The fraction of sp³-hybridized carbons (Fsp3) is 0.636. The standard InChI is InChI=1S/C11H15N3O4S/c1-12-11-14-6(4-19-11)10(16)13-5-2-17-9-7(15)3-18-8(5)9/h4-5,7-9,15H,2-3H2,1H3,(H,12,14)(H,13,16)/t5-,7+,8+,9+/m0/s1. The first kappa shape index (κ1) is 12.8. The Labute approximate surface area is 113 Å². The number of carbonyl (C=O) groups excluding carboxylic acids is 1. The fourth-order valence-corrected chi connectivity index (χ4v) is 2.99. The summed E-state index contributed by atoms with van der Waals surface area (Å²) in [5.41, 5.74) is 0.372. The molecule has 4 atom stereocenters. The number of aliphatic hydroxyl groups is 1. The lowest BCUT2D eigenvalue weighted by Crippen LogP contribution is -2.44. The SMILES string of the molecule is CNc1nc(C(=O)N[C@H]2CO[C@H]3[C@@H]2OC[C@H]3O)cs1. The zero-order chi connectivity index (χ0) is 13.4. The number of hydrogen-bond acceptors (Lipinski definition) is 7. The Balaban J connectivity index is 1.64. The van der Waals surface area contributed by atoms with Crippen molar-refractivity contribution in [3.8, 4) is 0 Å². The van der Waals surface area contributed by atoms with Crippen molar-refractivity contribution in [2.45, 2.75) is 24.4 Å². The topological polar surface area (TPSA) is 92.7 Å². The van der Waals surface area contributed by atoms with Gasteiger partial charge in [-0.05, 0) is 0 Å². The van der Waals surface area contributed by atoms with Crippen molar-refractivity contribution < 1.29 is 19.4 Å². The van der Waals surface area contributed by atoms with Gasteiger partial charge in [0.1, 0.15) is 24.0 Å².